The zero-order chi connectivity index (χ0) is 29.2. The van der Waals surface area contributed by atoms with Crippen LogP contribution in [0, 0.1) is 5.82 Å². The summed E-state index contributed by atoms with van der Waals surface area (Å²) in [6, 6.07) is 13.6. The van der Waals surface area contributed by atoms with Crippen molar-refractivity contribution in [2.45, 2.75) is 38.6 Å². The topological polar surface area (TPSA) is 94.8 Å². The Morgan fingerprint density at radius 3 is 2.64 bits per heavy atom. The van der Waals surface area contributed by atoms with Crippen LogP contribution in [-0.2, 0) is 22.6 Å². The Bertz CT molecular complexity index is 1590. The van der Waals surface area contributed by atoms with Crippen molar-refractivity contribution in [3.63, 3.8) is 0 Å². The maximum absolute atomic E-state index is 14.1. The Labute approximate surface area is 248 Å². The quantitative estimate of drug-likeness (QED) is 0.257. The molecular formula is C30H32ClFN6O4. The number of hydrogen-bond acceptors (Lipinski definition) is 9. The molecule has 220 valence electrons. The van der Waals surface area contributed by atoms with Crippen LogP contribution >= 0.6 is 11.6 Å². The van der Waals surface area contributed by atoms with E-state index in [0.29, 0.717) is 28.7 Å². The minimum atomic E-state index is -0.476. The van der Waals surface area contributed by atoms with E-state index in [0.717, 1.165) is 56.4 Å². The number of ether oxygens (including phenoxy) is 3. The minimum Gasteiger partial charge on any atom is -0.473 e. The molecule has 2 aliphatic heterocycles. The minimum absolute atomic E-state index is 0.0138. The number of carbonyl (C=O) groups is 1. The molecule has 2 atom stereocenters. The standard InChI is InChI=1S/C30H32ClFN6O4/c1-19(28-33-24-8-9-25(30(39)40-2)34-29(24)38(28)17-22-10-15-41-22)36-11-13-37(14-12-36)26-4-3-5-27(35-26)42-18-20-6-7-21(31)16-23(20)32/h3-9,16,19,22H,10-15,17-18H2,1-2H3/t19?,22-/m0/s1. The first-order valence-electron chi connectivity index (χ1n) is 14.0. The van der Waals surface area contributed by atoms with E-state index in [9.17, 15) is 9.18 Å². The Hall–Kier alpha value is -3.80. The molecule has 42 heavy (non-hydrogen) atoms. The van der Waals surface area contributed by atoms with E-state index >= 15 is 0 Å². The van der Waals surface area contributed by atoms with Crippen molar-refractivity contribution < 1.29 is 23.4 Å². The van der Waals surface area contributed by atoms with Crippen molar-refractivity contribution in [3.8, 4) is 5.88 Å². The first-order valence-corrected chi connectivity index (χ1v) is 14.4. The highest BCUT2D eigenvalue weighted by Gasteiger charge is 2.29. The van der Waals surface area contributed by atoms with Gasteiger partial charge in [0.05, 0.1) is 25.8 Å². The van der Waals surface area contributed by atoms with Crippen molar-refractivity contribution in [3.05, 3.63) is 76.5 Å². The van der Waals surface area contributed by atoms with Crippen LogP contribution in [0.2, 0.25) is 5.02 Å². The van der Waals surface area contributed by atoms with Crippen LogP contribution in [0.5, 0.6) is 5.88 Å². The van der Waals surface area contributed by atoms with Gasteiger partial charge < -0.3 is 23.7 Å². The van der Waals surface area contributed by atoms with Gasteiger partial charge in [-0.2, -0.15) is 4.98 Å². The van der Waals surface area contributed by atoms with Gasteiger partial charge in [-0.3, -0.25) is 4.90 Å². The van der Waals surface area contributed by atoms with Crippen LogP contribution in [0.25, 0.3) is 11.2 Å². The Kier molecular flexibility index (Phi) is 8.23. The number of piperazine rings is 1. The number of esters is 1. The third-order valence-electron chi connectivity index (χ3n) is 7.86. The van der Waals surface area contributed by atoms with Crippen LogP contribution in [0.1, 0.15) is 41.3 Å². The summed E-state index contributed by atoms with van der Waals surface area (Å²) < 4.78 is 32.6. The largest absolute Gasteiger partial charge is 0.473 e. The van der Waals surface area contributed by atoms with Gasteiger partial charge in [0.15, 0.2) is 11.3 Å². The Balaban J connectivity index is 1.14. The highest BCUT2D eigenvalue weighted by atomic mass is 35.5. The zero-order valence-electron chi connectivity index (χ0n) is 23.5. The lowest BCUT2D eigenvalue weighted by atomic mass is 10.1. The normalized spacial score (nSPS) is 18.1. The molecule has 2 saturated heterocycles. The predicted molar refractivity (Wildman–Crippen MR) is 155 cm³/mol. The molecule has 0 N–H and O–H groups in total. The maximum Gasteiger partial charge on any atom is 0.356 e. The highest BCUT2D eigenvalue weighted by molar-refractivity contribution is 6.30. The number of aromatic nitrogens is 4. The van der Waals surface area contributed by atoms with Crippen LogP contribution in [0.4, 0.5) is 10.2 Å². The summed E-state index contributed by atoms with van der Waals surface area (Å²) in [6.45, 7) is 6.73. The lowest BCUT2D eigenvalue weighted by Gasteiger charge is -2.38. The second-order valence-corrected chi connectivity index (χ2v) is 10.9. The third-order valence-corrected chi connectivity index (χ3v) is 8.09. The molecule has 5 heterocycles. The maximum atomic E-state index is 14.1. The fourth-order valence-electron chi connectivity index (χ4n) is 5.32. The van der Waals surface area contributed by atoms with E-state index in [2.05, 4.69) is 31.3 Å². The highest BCUT2D eigenvalue weighted by Crippen LogP contribution is 2.28. The van der Waals surface area contributed by atoms with E-state index in [4.69, 9.17) is 30.8 Å². The monoisotopic (exact) mass is 594 g/mol. The fourth-order valence-corrected chi connectivity index (χ4v) is 5.48. The zero-order valence-corrected chi connectivity index (χ0v) is 24.3. The second kappa shape index (κ2) is 12.2. The first kappa shape index (κ1) is 28.3. The summed E-state index contributed by atoms with van der Waals surface area (Å²) in [5.41, 5.74) is 2.07. The molecule has 2 aliphatic rings. The van der Waals surface area contributed by atoms with E-state index in [1.165, 1.54) is 13.2 Å². The summed E-state index contributed by atoms with van der Waals surface area (Å²) >= 11 is 5.85. The summed E-state index contributed by atoms with van der Waals surface area (Å²) in [5.74, 6) is 1.26. The number of anilines is 1. The number of pyridine rings is 2. The summed E-state index contributed by atoms with van der Waals surface area (Å²) in [4.78, 5) is 31.0. The molecule has 0 spiro atoms. The predicted octanol–water partition coefficient (Wildman–Crippen LogP) is 4.66. The van der Waals surface area contributed by atoms with Gasteiger partial charge in [-0.1, -0.05) is 23.7 Å². The number of halogens is 2. The smallest absolute Gasteiger partial charge is 0.356 e. The van der Waals surface area contributed by atoms with Gasteiger partial charge in [-0.05, 0) is 43.7 Å². The van der Waals surface area contributed by atoms with Gasteiger partial charge in [0.2, 0.25) is 5.88 Å². The third kappa shape index (κ3) is 5.90. The van der Waals surface area contributed by atoms with Gasteiger partial charge in [0, 0.05) is 49.4 Å². The van der Waals surface area contributed by atoms with Crippen LogP contribution in [0.3, 0.4) is 0 Å². The summed E-state index contributed by atoms with van der Waals surface area (Å²) in [5, 5.41) is 0.346. The number of carbonyl (C=O) groups excluding carboxylic acids is 1. The number of imidazole rings is 1. The molecular weight excluding hydrogens is 563 g/mol. The lowest BCUT2D eigenvalue weighted by Crippen LogP contribution is -2.48. The molecule has 0 amide bonds. The van der Waals surface area contributed by atoms with Crippen LogP contribution in [-0.4, -0.2) is 76.4 Å². The van der Waals surface area contributed by atoms with E-state index in [-0.39, 0.29) is 24.4 Å². The average molecular weight is 595 g/mol. The van der Waals surface area contributed by atoms with Gasteiger partial charge in [0.1, 0.15) is 29.6 Å². The number of fused-ring (bicyclic) bond motifs is 1. The van der Waals surface area contributed by atoms with Gasteiger partial charge in [-0.25, -0.2) is 19.2 Å². The molecule has 0 aliphatic carbocycles. The number of methoxy groups -OCH3 is 1. The van der Waals surface area contributed by atoms with Gasteiger partial charge in [0.25, 0.3) is 0 Å². The van der Waals surface area contributed by atoms with Gasteiger partial charge >= 0.3 is 5.97 Å². The fraction of sp³-hybridized carbons (Fsp3) is 0.400. The van der Waals surface area contributed by atoms with Crippen LogP contribution < -0.4 is 9.64 Å². The first-order chi connectivity index (χ1) is 20.4. The Morgan fingerprint density at radius 2 is 1.93 bits per heavy atom. The van der Waals surface area contributed by atoms with E-state index < -0.39 is 11.8 Å². The second-order valence-electron chi connectivity index (χ2n) is 10.5. The average Bonchev–Trinajstić information content (AvgIpc) is 3.35. The summed E-state index contributed by atoms with van der Waals surface area (Å²) in [6.07, 6.45) is 1.08. The van der Waals surface area contributed by atoms with Crippen molar-refractivity contribution in [1.82, 2.24) is 24.4 Å². The SMILES string of the molecule is COC(=O)c1ccc2nc(C(C)N3CCN(c4cccc(OCc5ccc(Cl)cc5F)n4)CC3)n(C[C@@H]3CCO3)c2n1. The molecule has 1 unspecified atom stereocenters. The summed E-state index contributed by atoms with van der Waals surface area (Å²) in [7, 11) is 1.35. The molecule has 0 bridgehead atoms. The number of rotatable bonds is 9. The van der Waals surface area contributed by atoms with Crippen molar-refractivity contribution >= 4 is 34.6 Å². The molecule has 12 heteroatoms. The molecule has 3 aromatic heterocycles. The molecule has 0 saturated carbocycles. The Morgan fingerprint density at radius 1 is 1.12 bits per heavy atom. The van der Waals surface area contributed by atoms with Crippen molar-refractivity contribution in [1.29, 1.82) is 0 Å². The van der Waals surface area contributed by atoms with E-state index in [1.54, 1.807) is 24.3 Å². The number of nitrogens with zero attached hydrogens (tertiary/aromatic N) is 6. The number of benzene rings is 1. The van der Waals surface area contributed by atoms with Gasteiger partial charge in [-0.15, -0.1) is 0 Å². The molecule has 10 nitrogen and oxygen atoms in total. The van der Waals surface area contributed by atoms with Crippen LogP contribution in [0.15, 0.2) is 48.5 Å². The molecule has 0 radical (unpaired) electrons. The van der Waals surface area contributed by atoms with Crippen molar-refractivity contribution in [2.75, 3.05) is 44.8 Å². The number of hydrogen-bond donors (Lipinski definition) is 0. The molecule has 1 aromatic carbocycles. The van der Waals surface area contributed by atoms with Crippen molar-refractivity contribution in [2.24, 2.45) is 0 Å². The molecule has 6 rings (SSSR count). The molecule has 4 aromatic rings. The lowest BCUT2D eigenvalue weighted by molar-refractivity contribution is -0.0594. The van der Waals surface area contributed by atoms with E-state index in [1.807, 2.05) is 18.2 Å². The molecule has 2 fully saturated rings.